The van der Waals surface area contributed by atoms with E-state index in [1.54, 1.807) is 6.20 Å². The highest BCUT2D eigenvalue weighted by Gasteiger charge is 2.09. The Hall–Kier alpha value is -0.610. The average molecular weight is 244 g/mol. The number of halogens is 1. The molecule has 4 N–H and O–H groups in total. The molecule has 1 unspecified atom stereocenters. The van der Waals surface area contributed by atoms with E-state index in [1.807, 2.05) is 6.07 Å². The lowest BCUT2D eigenvalue weighted by Gasteiger charge is -2.12. The van der Waals surface area contributed by atoms with E-state index < -0.39 is 0 Å². The Labute approximate surface area is 86.7 Å². The fraction of sp³-hybridized carbons (Fsp3) is 0.444. The lowest BCUT2D eigenvalue weighted by molar-refractivity contribution is 0.638. The number of nitrogens with two attached hydrogens (primary N) is 2. The van der Waals surface area contributed by atoms with E-state index in [9.17, 15) is 0 Å². The summed E-state index contributed by atoms with van der Waals surface area (Å²) in [5.41, 5.74) is 12.6. The van der Waals surface area contributed by atoms with Gasteiger partial charge in [-0.1, -0.05) is 13.3 Å². The number of hydrogen-bond donors (Lipinski definition) is 2. The van der Waals surface area contributed by atoms with Crippen molar-refractivity contribution in [1.82, 2.24) is 4.98 Å². The van der Waals surface area contributed by atoms with Crippen LogP contribution in [-0.2, 0) is 0 Å². The Balaban J connectivity index is 2.91. The van der Waals surface area contributed by atoms with Crippen molar-refractivity contribution in [3.8, 4) is 0 Å². The van der Waals surface area contributed by atoms with Crippen LogP contribution in [0.15, 0.2) is 16.7 Å². The van der Waals surface area contributed by atoms with Crippen LogP contribution in [0.3, 0.4) is 0 Å². The van der Waals surface area contributed by atoms with Gasteiger partial charge in [0.2, 0.25) is 0 Å². The van der Waals surface area contributed by atoms with Gasteiger partial charge in [0.1, 0.15) is 5.82 Å². The Bertz CT molecular complexity index is 288. The molecule has 0 radical (unpaired) electrons. The number of aromatic nitrogens is 1. The molecule has 1 heterocycles. The van der Waals surface area contributed by atoms with Gasteiger partial charge in [-0.25, -0.2) is 4.98 Å². The maximum atomic E-state index is 5.93. The van der Waals surface area contributed by atoms with Crippen LogP contribution in [0.5, 0.6) is 0 Å². The van der Waals surface area contributed by atoms with Gasteiger partial charge in [-0.2, -0.15) is 0 Å². The quantitative estimate of drug-likeness (QED) is 0.856. The Kier molecular flexibility index (Phi) is 3.69. The van der Waals surface area contributed by atoms with Gasteiger partial charge in [0, 0.05) is 22.3 Å². The number of pyridine rings is 1. The smallest absolute Gasteiger partial charge is 0.128 e. The predicted octanol–water partition coefficient (Wildman–Crippen LogP) is 2.23. The largest absolute Gasteiger partial charge is 0.383 e. The number of hydrogen-bond acceptors (Lipinski definition) is 3. The first-order valence-electron chi connectivity index (χ1n) is 4.31. The molecule has 3 nitrogen and oxygen atoms in total. The first-order chi connectivity index (χ1) is 6.15. The Morgan fingerprint density at radius 2 is 2.31 bits per heavy atom. The van der Waals surface area contributed by atoms with E-state index in [4.69, 9.17) is 11.5 Å². The van der Waals surface area contributed by atoms with E-state index in [0.717, 1.165) is 22.9 Å². The van der Waals surface area contributed by atoms with E-state index in [0.29, 0.717) is 5.82 Å². The second-order valence-corrected chi connectivity index (χ2v) is 3.94. The number of rotatable bonds is 3. The molecule has 4 heteroatoms. The number of nitrogen functional groups attached to an aromatic ring is 1. The normalized spacial score (nSPS) is 12.8. The summed E-state index contributed by atoms with van der Waals surface area (Å²) < 4.78 is 0.920. The molecule has 0 saturated carbocycles. The Morgan fingerprint density at radius 3 is 2.92 bits per heavy atom. The molecule has 0 saturated heterocycles. The van der Waals surface area contributed by atoms with Crippen molar-refractivity contribution in [3.63, 3.8) is 0 Å². The van der Waals surface area contributed by atoms with Crippen molar-refractivity contribution < 1.29 is 0 Å². The molecule has 0 aliphatic rings. The van der Waals surface area contributed by atoms with Gasteiger partial charge in [0.25, 0.3) is 0 Å². The summed E-state index contributed by atoms with van der Waals surface area (Å²) in [4.78, 5) is 4.03. The van der Waals surface area contributed by atoms with Gasteiger partial charge >= 0.3 is 0 Å². The highest BCUT2D eigenvalue weighted by molar-refractivity contribution is 9.10. The van der Waals surface area contributed by atoms with Crippen LogP contribution in [0.2, 0.25) is 0 Å². The molecular weight excluding hydrogens is 230 g/mol. The van der Waals surface area contributed by atoms with Gasteiger partial charge < -0.3 is 11.5 Å². The molecule has 1 rings (SSSR count). The second kappa shape index (κ2) is 4.58. The maximum Gasteiger partial charge on any atom is 0.128 e. The molecule has 0 bridgehead atoms. The summed E-state index contributed by atoms with van der Waals surface area (Å²) in [6.45, 7) is 2.10. The predicted molar refractivity (Wildman–Crippen MR) is 58.2 cm³/mol. The SMILES string of the molecule is CCCC(N)c1cc(Br)cnc1N. The standard InChI is InChI=1S/C9H14BrN3/c1-2-3-8(11)7-4-6(10)5-13-9(7)12/h4-5,8H,2-3,11H2,1H3,(H2,12,13). The van der Waals surface area contributed by atoms with Gasteiger partial charge in [-0.05, 0) is 28.4 Å². The molecule has 0 aromatic carbocycles. The lowest BCUT2D eigenvalue weighted by Crippen LogP contribution is -2.12. The minimum absolute atomic E-state index is 0.00463. The topological polar surface area (TPSA) is 64.9 Å². The van der Waals surface area contributed by atoms with Gasteiger partial charge in [-0.15, -0.1) is 0 Å². The van der Waals surface area contributed by atoms with Crippen molar-refractivity contribution in [2.24, 2.45) is 5.73 Å². The van der Waals surface area contributed by atoms with Crippen molar-refractivity contribution >= 4 is 21.7 Å². The Morgan fingerprint density at radius 1 is 1.62 bits per heavy atom. The zero-order valence-corrected chi connectivity index (χ0v) is 9.21. The lowest BCUT2D eigenvalue weighted by atomic mass is 10.0. The van der Waals surface area contributed by atoms with E-state index >= 15 is 0 Å². The molecule has 0 fully saturated rings. The van der Waals surface area contributed by atoms with E-state index in [1.165, 1.54) is 0 Å². The zero-order valence-electron chi connectivity index (χ0n) is 7.63. The van der Waals surface area contributed by atoms with Crippen LogP contribution in [0.1, 0.15) is 31.4 Å². The minimum Gasteiger partial charge on any atom is -0.383 e. The van der Waals surface area contributed by atoms with Gasteiger partial charge in [0.05, 0.1) is 0 Å². The van der Waals surface area contributed by atoms with Crippen LogP contribution in [0.25, 0.3) is 0 Å². The summed E-state index contributed by atoms with van der Waals surface area (Å²) in [6, 6.07) is 1.93. The second-order valence-electron chi connectivity index (χ2n) is 3.02. The number of anilines is 1. The van der Waals surface area contributed by atoms with Crippen molar-refractivity contribution in [2.45, 2.75) is 25.8 Å². The fourth-order valence-electron chi connectivity index (χ4n) is 1.23. The molecule has 0 amide bonds. The molecule has 1 aromatic rings. The molecule has 0 aliphatic heterocycles. The molecular formula is C9H14BrN3. The molecule has 0 spiro atoms. The summed E-state index contributed by atoms with van der Waals surface area (Å²) >= 11 is 3.34. The third kappa shape index (κ3) is 2.67. The minimum atomic E-state index is -0.00463. The average Bonchev–Trinajstić information content (AvgIpc) is 2.09. The summed E-state index contributed by atoms with van der Waals surface area (Å²) in [5.74, 6) is 0.532. The first-order valence-corrected chi connectivity index (χ1v) is 5.11. The third-order valence-corrected chi connectivity index (χ3v) is 2.35. The zero-order chi connectivity index (χ0) is 9.84. The first kappa shape index (κ1) is 10.5. The van der Waals surface area contributed by atoms with Crippen molar-refractivity contribution in [3.05, 3.63) is 22.3 Å². The van der Waals surface area contributed by atoms with Crippen LogP contribution in [0.4, 0.5) is 5.82 Å². The van der Waals surface area contributed by atoms with E-state index in [-0.39, 0.29) is 6.04 Å². The van der Waals surface area contributed by atoms with Crippen LogP contribution < -0.4 is 11.5 Å². The summed E-state index contributed by atoms with van der Waals surface area (Å²) in [5, 5.41) is 0. The van der Waals surface area contributed by atoms with Crippen LogP contribution in [-0.4, -0.2) is 4.98 Å². The summed E-state index contributed by atoms with van der Waals surface area (Å²) in [7, 11) is 0. The fourth-order valence-corrected chi connectivity index (χ4v) is 1.58. The third-order valence-electron chi connectivity index (χ3n) is 1.92. The van der Waals surface area contributed by atoms with Gasteiger partial charge in [0.15, 0.2) is 0 Å². The maximum absolute atomic E-state index is 5.93. The molecule has 72 valence electrons. The highest BCUT2D eigenvalue weighted by atomic mass is 79.9. The van der Waals surface area contributed by atoms with Crippen molar-refractivity contribution in [1.29, 1.82) is 0 Å². The summed E-state index contributed by atoms with van der Waals surface area (Å²) in [6.07, 6.45) is 3.66. The highest BCUT2D eigenvalue weighted by Crippen LogP contribution is 2.23. The molecule has 1 atom stereocenters. The molecule has 13 heavy (non-hydrogen) atoms. The monoisotopic (exact) mass is 243 g/mol. The molecule has 1 aromatic heterocycles. The molecule has 0 aliphatic carbocycles. The van der Waals surface area contributed by atoms with E-state index in [2.05, 4.69) is 27.8 Å². The van der Waals surface area contributed by atoms with Gasteiger partial charge in [-0.3, -0.25) is 0 Å². The van der Waals surface area contributed by atoms with Crippen LogP contribution >= 0.6 is 15.9 Å². The van der Waals surface area contributed by atoms with Crippen molar-refractivity contribution in [2.75, 3.05) is 5.73 Å². The number of nitrogens with zero attached hydrogens (tertiary/aromatic N) is 1. The van der Waals surface area contributed by atoms with Crippen LogP contribution in [0, 0.1) is 0 Å².